The van der Waals surface area contributed by atoms with E-state index in [0.717, 1.165) is 43.2 Å². The van der Waals surface area contributed by atoms with Crippen molar-refractivity contribution in [3.05, 3.63) is 35.4 Å². The maximum absolute atomic E-state index is 13.6. The topological polar surface area (TPSA) is 81.7 Å². The highest BCUT2D eigenvalue weighted by atomic mass is 16.3. The van der Waals surface area contributed by atoms with E-state index >= 15 is 0 Å². The van der Waals surface area contributed by atoms with Crippen LogP contribution in [0.2, 0.25) is 0 Å². The fraction of sp³-hybridized carbons (Fsp3) is 0.733. The molecule has 6 heteroatoms. The molecule has 0 bridgehead atoms. The van der Waals surface area contributed by atoms with E-state index in [0.29, 0.717) is 38.0 Å². The van der Waals surface area contributed by atoms with Crippen molar-refractivity contribution in [1.82, 2.24) is 15.5 Å². The Bertz CT molecular complexity index is 819. The Morgan fingerprint density at radius 2 is 1.86 bits per heavy atom. The van der Waals surface area contributed by atoms with Crippen molar-refractivity contribution in [2.45, 2.75) is 110 Å². The lowest BCUT2D eigenvalue weighted by molar-refractivity contribution is -0.134. The van der Waals surface area contributed by atoms with Gasteiger partial charge in [0.15, 0.2) is 0 Å². The van der Waals surface area contributed by atoms with Crippen molar-refractivity contribution in [3.8, 4) is 0 Å². The van der Waals surface area contributed by atoms with Crippen LogP contribution >= 0.6 is 0 Å². The van der Waals surface area contributed by atoms with Crippen molar-refractivity contribution in [1.29, 1.82) is 0 Å². The molecule has 1 aromatic carbocycles. The van der Waals surface area contributed by atoms with Gasteiger partial charge in [-0.25, -0.2) is 0 Å². The quantitative estimate of drug-likeness (QED) is 0.331. The number of aliphatic hydroxyl groups excluding tert-OH is 1. The average Bonchev–Trinajstić information content (AvgIpc) is 3.17. The van der Waals surface area contributed by atoms with Crippen molar-refractivity contribution in [2.75, 3.05) is 13.3 Å². The molecule has 1 unspecified atom stereocenters. The Hall–Kier alpha value is -1.92. The molecule has 202 valence electrons. The minimum atomic E-state index is -0.385. The summed E-state index contributed by atoms with van der Waals surface area (Å²) in [6.45, 7) is 8.17. The highest BCUT2D eigenvalue weighted by Gasteiger charge is 2.46. The molecule has 36 heavy (non-hydrogen) atoms. The minimum absolute atomic E-state index is 0.0153. The summed E-state index contributed by atoms with van der Waals surface area (Å²) >= 11 is 0. The first kappa shape index (κ1) is 28.6. The molecule has 1 saturated carbocycles. The predicted octanol–water partition coefficient (Wildman–Crippen LogP) is 5.14. The van der Waals surface area contributed by atoms with Crippen LogP contribution in [0.4, 0.5) is 0 Å². The normalized spacial score (nSPS) is 21.8. The molecule has 2 aliphatic rings. The third-order valence-corrected chi connectivity index (χ3v) is 8.05. The fourth-order valence-corrected chi connectivity index (χ4v) is 6.05. The van der Waals surface area contributed by atoms with Crippen LogP contribution in [-0.2, 0) is 22.7 Å². The largest absolute Gasteiger partial charge is 0.396 e. The molecular formula is C30H49N3O3. The molecule has 3 N–H and O–H groups in total. The Labute approximate surface area is 218 Å². The van der Waals surface area contributed by atoms with Crippen molar-refractivity contribution >= 4 is 11.8 Å². The number of nitrogens with one attached hydrogen (secondary N) is 2. The number of rotatable bonds is 14. The van der Waals surface area contributed by atoms with E-state index in [4.69, 9.17) is 0 Å². The van der Waals surface area contributed by atoms with Gasteiger partial charge in [-0.1, -0.05) is 90.0 Å². The molecule has 0 radical (unpaired) electrons. The van der Waals surface area contributed by atoms with Gasteiger partial charge in [-0.15, -0.1) is 0 Å². The molecule has 1 aliphatic carbocycles. The maximum Gasteiger partial charge on any atom is 0.244 e. The summed E-state index contributed by atoms with van der Waals surface area (Å²) in [5.74, 6) is 1.40. The first-order chi connectivity index (χ1) is 17.3. The lowest BCUT2D eigenvalue weighted by Crippen LogP contribution is -2.48. The number of carbonyl (C=O) groups excluding carboxylic acids is 2. The number of carbonyl (C=O) groups is 2. The second-order valence-electron chi connectivity index (χ2n) is 11.7. The monoisotopic (exact) mass is 499 g/mol. The molecule has 0 spiro atoms. The third-order valence-electron chi connectivity index (χ3n) is 8.05. The molecule has 1 aromatic rings. The van der Waals surface area contributed by atoms with E-state index in [9.17, 15) is 14.7 Å². The molecule has 1 aliphatic heterocycles. The smallest absolute Gasteiger partial charge is 0.244 e. The van der Waals surface area contributed by atoms with Gasteiger partial charge in [0.25, 0.3) is 0 Å². The van der Waals surface area contributed by atoms with Crippen LogP contribution in [0.25, 0.3) is 0 Å². The summed E-state index contributed by atoms with van der Waals surface area (Å²) in [6, 6.07) is 8.20. The molecule has 2 amide bonds. The molecule has 3 rings (SSSR count). The fourth-order valence-electron chi connectivity index (χ4n) is 6.05. The number of aliphatic hydroxyl groups is 1. The lowest BCUT2D eigenvalue weighted by Gasteiger charge is -2.33. The van der Waals surface area contributed by atoms with Gasteiger partial charge in [-0.05, 0) is 48.1 Å². The van der Waals surface area contributed by atoms with E-state index in [-0.39, 0.29) is 29.9 Å². The molecule has 6 nitrogen and oxygen atoms in total. The van der Waals surface area contributed by atoms with E-state index in [2.05, 4.69) is 43.5 Å². The zero-order chi connectivity index (χ0) is 26.0. The van der Waals surface area contributed by atoms with Crippen LogP contribution in [0.5, 0.6) is 0 Å². The van der Waals surface area contributed by atoms with Gasteiger partial charge in [-0.2, -0.15) is 0 Å². The van der Waals surface area contributed by atoms with E-state index < -0.39 is 0 Å². The van der Waals surface area contributed by atoms with Crippen LogP contribution < -0.4 is 10.6 Å². The molecule has 2 fully saturated rings. The Morgan fingerprint density at radius 3 is 2.50 bits per heavy atom. The summed E-state index contributed by atoms with van der Waals surface area (Å²) in [4.78, 5) is 27.9. The number of nitrogens with zero attached hydrogens (tertiary/aromatic N) is 1. The second-order valence-corrected chi connectivity index (χ2v) is 11.7. The molecule has 2 atom stereocenters. The highest BCUT2D eigenvalue weighted by Crippen LogP contribution is 2.36. The average molecular weight is 500 g/mol. The minimum Gasteiger partial charge on any atom is -0.396 e. The highest BCUT2D eigenvalue weighted by molar-refractivity contribution is 5.88. The van der Waals surface area contributed by atoms with Gasteiger partial charge in [0.05, 0.1) is 12.2 Å². The summed E-state index contributed by atoms with van der Waals surface area (Å²) in [5.41, 5.74) is 1.77. The summed E-state index contributed by atoms with van der Waals surface area (Å²) in [7, 11) is 0. The number of hydrogen-bond donors (Lipinski definition) is 3. The van der Waals surface area contributed by atoms with Gasteiger partial charge < -0.3 is 15.3 Å². The van der Waals surface area contributed by atoms with Gasteiger partial charge in [0.1, 0.15) is 0 Å². The van der Waals surface area contributed by atoms with Crippen molar-refractivity contribution < 1.29 is 14.7 Å². The summed E-state index contributed by atoms with van der Waals surface area (Å²) < 4.78 is 0. The first-order valence-corrected chi connectivity index (χ1v) is 14.3. The molecule has 0 aromatic heterocycles. The Balaban J connectivity index is 1.52. The van der Waals surface area contributed by atoms with Crippen LogP contribution in [0.15, 0.2) is 24.3 Å². The van der Waals surface area contributed by atoms with E-state index in [1.165, 1.54) is 32.1 Å². The standard InChI is InChI=1S/C30H49N3O3/c1-4-5-15-30(18-24-9-7-6-8-10-24)29(36)33(22-32-30)20-26-13-11-25(12-14-26)19-31-28(35)17-27(21-34)16-23(2)3/h11-14,23-24,27,32,34H,4-10,15-22H2,1-3H3,(H,31,35)/t27-,30?/m0/s1. The number of unbranched alkanes of at least 4 members (excludes halogenated alkanes) is 1. The summed E-state index contributed by atoms with van der Waals surface area (Å²) in [6.07, 6.45) is 11.8. The third kappa shape index (κ3) is 8.31. The number of hydrogen-bond acceptors (Lipinski definition) is 4. The van der Waals surface area contributed by atoms with Gasteiger partial charge in [0.2, 0.25) is 11.8 Å². The van der Waals surface area contributed by atoms with Crippen molar-refractivity contribution in [2.24, 2.45) is 17.8 Å². The lowest BCUT2D eigenvalue weighted by atomic mass is 9.77. The van der Waals surface area contributed by atoms with Crippen LogP contribution in [0, 0.1) is 17.8 Å². The predicted molar refractivity (Wildman–Crippen MR) is 145 cm³/mol. The zero-order valence-corrected chi connectivity index (χ0v) is 22.9. The van der Waals surface area contributed by atoms with Gasteiger partial charge in [0, 0.05) is 26.1 Å². The van der Waals surface area contributed by atoms with E-state index in [1.54, 1.807) is 0 Å². The SMILES string of the molecule is CCCCC1(CC2CCCCC2)NCN(Cc2ccc(CNC(=O)C[C@@H](CO)CC(C)C)cc2)C1=O. The Morgan fingerprint density at radius 1 is 1.17 bits per heavy atom. The summed E-state index contributed by atoms with van der Waals surface area (Å²) in [5, 5.41) is 16.2. The second kappa shape index (κ2) is 14.1. The zero-order valence-electron chi connectivity index (χ0n) is 22.9. The van der Waals surface area contributed by atoms with Gasteiger partial charge in [-0.3, -0.25) is 14.9 Å². The van der Waals surface area contributed by atoms with Crippen LogP contribution in [0.3, 0.4) is 0 Å². The maximum atomic E-state index is 13.6. The molecular weight excluding hydrogens is 450 g/mol. The van der Waals surface area contributed by atoms with E-state index in [1.807, 2.05) is 17.0 Å². The van der Waals surface area contributed by atoms with Crippen LogP contribution in [0.1, 0.15) is 103 Å². The number of amides is 2. The molecule has 1 saturated heterocycles. The first-order valence-electron chi connectivity index (χ1n) is 14.3. The van der Waals surface area contributed by atoms with Crippen LogP contribution in [-0.4, -0.2) is 40.6 Å². The van der Waals surface area contributed by atoms with Crippen molar-refractivity contribution in [3.63, 3.8) is 0 Å². The Kier molecular flexibility index (Phi) is 11.2. The molecule has 1 heterocycles. The number of benzene rings is 1. The van der Waals surface area contributed by atoms with Gasteiger partial charge >= 0.3 is 0 Å².